The Morgan fingerprint density at radius 2 is 2.06 bits per heavy atom. The fourth-order valence-corrected chi connectivity index (χ4v) is 3.85. The van der Waals surface area contributed by atoms with Crippen molar-refractivity contribution in [1.29, 1.82) is 0 Å². The summed E-state index contributed by atoms with van der Waals surface area (Å²) in [4.78, 5) is 12.9. The van der Waals surface area contributed by atoms with Gasteiger partial charge in [-0.3, -0.25) is 4.79 Å². The number of benzene rings is 2. The summed E-state index contributed by atoms with van der Waals surface area (Å²) in [7, 11) is 0. The topological polar surface area (TPSA) is 64.1 Å². The SMILES string of the molecule is Cc1nncc(Oc2cccc(C3CC3)c2)c1C(=O)NCC(F)c1ccc(Cl)cc1Cl. The van der Waals surface area contributed by atoms with Crippen molar-refractivity contribution in [1.82, 2.24) is 15.5 Å². The summed E-state index contributed by atoms with van der Waals surface area (Å²) in [5, 5.41) is 11.1. The molecule has 1 heterocycles. The van der Waals surface area contributed by atoms with Crippen LogP contribution in [0.3, 0.4) is 0 Å². The van der Waals surface area contributed by atoms with Crippen LogP contribution in [-0.4, -0.2) is 22.6 Å². The molecule has 1 amide bonds. The molecular weight excluding hydrogens is 440 g/mol. The quantitative estimate of drug-likeness (QED) is 0.456. The van der Waals surface area contributed by atoms with Crippen molar-refractivity contribution in [2.75, 3.05) is 6.54 Å². The van der Waals surface area contributed by atoms with E-state index in [4.69, 9.17) is 27.9 Å². The molecule has 1 aromatic heterocycles. The van der Waals surface area contributed by atoms with Gasteiger partial charge in [-0.25, -0.2) is 4.39 Å². The van der Waals surface area contributed by atoms with E-state index in [9.17, 15) is 9.18 Å². The van der Waals surface area contributed by atoms with E-state index < -0.39 is 12.1 Å². The smallest absolute Gasteiger partial charge is 0.257 e. The number of hydrogen-bond acceptors (Lipinski definition) is 4. The molecule has 31 heavy (non-hydrogen) atoms. The Bertz CT molecular complexity index is 1120. The summed E-state index contributed by atoms with van der Waals surface area (Å²) in [6, 6.07) is 12.3. The van der Waals surface area contributed by atoms with E-state index in [-0.39, 0.29) is 28.4 Å². The lowest BCUT2D eigenvalue weighted by Gasteiger charge is -2.15. The number of carbonyl (C=O) groups excluding carboxylic acids is 1. The number of ether oxygens (including phenoxy) is 1. The molecule has 3 aromatic rings. The number of nitrogens with zero attached hydrogens (tertiary/aromatic N) is 2. The van der Waals surface area contributed by atoms with E-state index in [1.165, 1.54) is 36.7 Å². The van der Waals surface area contributed by atoms with Crippen LogP contribution in [0.2, 0.25) is 10.0 Å². The summed E-state index contributed by atoms with van der Waals surface area (Å²) in [6.45, 7) is 1.39. The minimum absolute atomic E-state index is 0.204. The molecule has 1 unspecified atom stereocenters. The van der Waals surface area contributed by atoms with Crippen LogP contribution in [0.4, 0.5) is 4.39 Å². The Morgan fingerprint density at radius 1 is 1.26 bits per heavy atom. The summed E-state index contributed by atoms with van der Waals surface area (Å²) >= 11 is 11.9. The fourth-order valence-electron chi connectivity index (χ4n) is 3.33. The van der Waals surface area contributed by atoms with E-state index in [1.54, 1.807) is 13.0 Å². The largest absolute Gasteiger partial charge is 0.455 e. The van der Waals surface area contributed by atoms with E-state index in [0.29, 0.717) is 22.4 Å². The number of carbonyl (C=O) groups is 1. The molecule has 0 bridgehead atoms. The van der Waals surface area contributed by atoms with E-state index in [1.807, 2.05) is 18.2 Å². The zero-order valence-electron chi connectivity index (χ0n) is 16.7. The molecule has 1 N–H and O–H groups in total. The Balaban J connectivity index is 1.49. The minimum atomic E-state index is -1.50. The number of rotatable bonds is 7. The molecule has 4 rings (SSSR count). The van der Waals surface area contributed by atoms with Crippen LogP contribution in [0.1, 0.15) is 52.1 Å². The predicted octanol–water partition coefficient (Wildman–Crippen LogP) is 6.20. The first-order valence-corrected chi connectivity index (χ1v) is 10.7. The van der Waals surface area contributed by atoms with Gasteiger partial charge in [0.1, 0.15) is 17.5 Å². The van der Waals surface area contributed by atoms with Crippen LogP contribution in [-0.2, 0) is 0 Å². The summed E-state index contributed by atoms with van der Waals surface area (Å²) in [6.07, 6.45) is 2.24. The molecule has 160 valence electrons. The first-order valence-electron chi connectivity index (χ1n) is 9.89. The van der Waals surface area contributed by atoms with Gasteiger partial charge in [0.25, 0.3) is 5.91 Å². The van der Waals surface area contributed by atoms with Crippen LogP contribution in [0.5, 0.6) is 11.5 Å². The zero-order chi connectivity index (χ0) is 22.0. The van der Waals surface area contributed by atoms with Gasteiger partial charge in [0.15, 0.2) is 5.75 Å². The summed E-state index contributed by atoms with van der Waals surface area (Å²) in [5.74, 6) is 0.943. The highest BCUT2D eigenvalue weighted by Gasteiger charge is 2.24. The Kier molecular flexibility index (Phi) is 6.39. The number of halogens is 3. The lowest BCUT2D eigenvalue weighted by molar-refractivity contribution is 0.0938. The average molecular weight is 460 g/mol. The van der Waals surface area contributed by atoms with Crippen molar-refractivity contribution in [3.8, 4) is 11.5 Å². The van der Waals surface area contributed by atoms with Gasteiger partial charge in [0.2, 0.25) is 0 Å². The third kappa shape index (κ3) is 5.14. The molecule has 0 aliphatic heterocycles. The predicted molar refractivity (Wildman–Crippen MR) is 118 cm³/mol. The Morgan fingerprint density at radius 3 is 2.81 bits per heavy atom. The van der Waals surface area contributed by atoms with Gasteiger partial charge in [-0.05, 0) is 55.5 Å². The van der Waals surface area contributed by atoms with Gasteiger partial charge in [0, 0.05) is 15.6 Å². The molecular formula is C23H20Cl2FN3O2. The van der Waals surface area contributed by atoms with Gasteiger partial charge in [-0.1, -0.05) is 41.4 Å². The number of alkyl halides is 1. The van der Waals surface area contributed by atoms with E-state index >= 15 is 0 Å². The molecule has 8 heteroatoms. The average Bonchev–Trinajstić information content (AvgIpc) is 3.58. The van der Waals surface area contributed by atoms with E-state index in [0.717, 1.165) is 0 Å². The van der Waals surface area contributed by atoms with Crippen molar-refractivity contribution < 1.29 is 13.9 Å². The first kappa shape index (κ1) is 21.5. The second-order valence-corrected chi connectivity index (χ2v) is 8.31. The number of nitrogens with one attached hydrogen (secondary N) is 1. The van der Waals surface area contributed by atoms with Crippen LogP contribution in [0.25, 0.3) is 0 Å². The molecule has 1 fully saturated rings. The lowest BCUT2D eigenvalue weighted by Crippen LogP contribution is -2.28. The molecule has 0 saturated heterocycles. The van der Waals surface area contributed by atoms with Crippen molar-refractivity contribution in [2.45, 2.75) is 31.9 Å². The van der Waals surface area contributed by atoms with Crippen LogP contribution in [0.15, 0.2) is 48.7 Å². The summed E-state index contributed by atoms with van der Waals surface area (Å²) in [5.41, 5.74) is 2.06. The number of amides is 1. The molecule has 1 aliphatic carbocycles. The highest BCUT2D eigenvalue weighted by Crippen LogP contribution is 2.41. The monoisotopic (exact) mass is 459 g/mol. The molecule has 1 aliphatic rings. The third-order valence-corrected chi connectivity index (χ3v) is 5.66. The second kappa shape index (κ2) is 9.20. The van der Waals surface area contributed by atoms with Gasteiger partial charge >= 0.3 is 0 Å². The number of aromatic nitrogens is 2. The standard InChI is InChI=1S/C23H20Cl2FN3O2/c1-13-22(23(30)27-11-20(26)18-8-7-16(24)10-19(18)25)21(12-28-29-13)31-17-4-2-3-15(9-17)14-5-6-14/h2-4,7-10,12,14,20H,5-6,11H2,1H3,(H,27,30). The van der Waals surface area contributed by atoms with Crippen LogP contribution in [0, 0.1) is 6.92 Å². The van der Waals surface area contributed by atoms with Gasteiger partial charge < -0.3 is 10.1 Å². The first-order chi connectivity index (χ1) is 14.9. The zero-order valence-corrected chi connectivity index (χ0v) is 18.3. The normalized spacial score (nSPS) is 14.2. The van der Waals surface area contributed by atoms with Gasteiger partial charge in [0.05, 0.1) is 18.4 Å². The van der Waals surface area contributed by atoms with Crippen molar-refractivity contribution in [3.63, 3.8) is 0 Å². The maximum absolute atomic E-state index is 14.7. The maximum Gasteiger partial charge on any atom is 0.257 e. The second-order valence-electron chi connectivity index (χ2n) is 7.46. The molecule has 2 aromatic carbocycles. The Hall–Kier alpha value is -2.70. The number of hydrogen-bond donors (Lipinski definition) is 1. The molecule has 1 saturated carbocycles. The van der Waals surface area contributed by atoms with Gasteiger partial charge in [-0.2, -0.15) is 10.2 Å². The van der Waals surface area contributed by atoms with Crippen LogP contribution >= 0.6 is 23.2 Å². The maximum atomic E-state index is 14.7. The van der Waals surface area contributed by atoms with E-state index in [2.05, 4.69) is 21.6 Å². The minimum Gasteiger partial charge on any atom is -0.455 e. The highest BCUT2D eigenvalue weighted by atomic mass is 35.5. The highest BCUT2D eigenvalue weighted by molar-refractivity contribution is 6.35. The molecule has 1 atom stereocenters. The van der Waals surface area contributed by atoms with Crippen molar-refractivity contribution in [2.24, 2.45) is 0 Å². The molecule has 0 radical (unpaired) electrons. The molecule has 5 nitrogen and oxygen atoms in total. The molecule has 0 spiro atoms. The Labute approximate surface area is 189 Å². The third-order valence-electron chi connectivity index (χ3n) is 5.09. The van der Waals surface area contributed by atoms with Crippen molar-refractivity contribution >= 4 is 29.1 Å². The van der Waals surface area contributed by atoms with Gasteiger partial charge in [-0.15, -0.1) is 0 Å². The lowest BCUT2D eigenvalue weighted by atomic mass is 10.1. The fraction of sp³-hybridized carbons (Fsp3) is 0.261. The van der Waals surface area contributed by atoms with Crippen molar-refractivity contribution in [3.05, 3.63) is 81.1 Å². The number of aryl methyl sites for hydroxylation is 1. The summed E-state index contributed by atoms with van der Waals surface area (Å²) < 4.78 is 20.6. The van der Waals surface area contributed by atoms with Crippen LogP contribution < -0.4 is 10.1 Å².